The summed E-state index contributed by atoms with van der Waals surface area (Å²) in [6.45, 7) is 0. The highest BCUT2D eigenvalue weighted by atomic mass is 16.3. The molecule has 9 aromatic rings. The lowest BCUT2D eigenvalue weighted by Gasteiger charge is -2.19. The maximum absolute atomic E-state index is 6.45. The molecule has 200 valence electrons. The maximum Gasteiger partial charge on any atom is 0.143 e. The first-order valence-electron chi connectivity index (χ1n) is 14.8. The van der Waals surface area contributed by atoms with Crippen LogP contribution in [0.3, 0.4) is 0 Å². The first kappa shape index (κ1) is 24.0. The summed E-state index contributed by atoms with van der Waals surface area (Å²) < 4.78 is 6.45. The molecule has 0 saturated heterocycles. The minimum Gasteiger partial charge on any atom is -0.455 e. The Hall–Kier alpha value is -5.66. The zero-order valence-electron chi connectivity index (χ0n) is 23.4. The third kappa shape index (κ3) is 3.65. The number of rotatable bonds is 3. The normalized spacial score (nSPS) is 11.7. The van der Waals surface area contributed by atoms with Crippen LogP contribution in [0.4, 0.5) is 0 Å². The predicted molar refractivity (Wildman–Crippen MR) is 183 cm³/mol. The van der Waals surface area contributed by atoms with Crippen LogP contribution in [0.2, 0.25) is 0 Å². The van der Waals surface area contributed by atoms with Crippen LogP contribution in [0.1, 0.15) is 0 Å². The van der Waals surface area contributed by atoms with E-state index in [2.05, 4.69) is 152 Å². The zero-order valence-corrected chi connectivity index (χ0v) is 23.4. The number of hydrogen-bond donors (Lipinski definition) is 0. The highest BCUT2D eigenvalue weighted by molar-refractivity contribution is 6.27. The van der Waals surface area contributed by atoms with Crippen molar-refractivity contribution in [2.24, 2.45) is 0 Å². The second-order valence-electron chi connectivity index (χ2n) is 11.2. The van der Waals surface area contributed by atoms with E-state index in [0.717, 1.165) is 27.3 Å². The first-order valence-corrected chi connectivity index (χ1v) is 14.8. The molecule has 1 heteroatoms. The molecule has 8 aromatic carbocycles. The van der Waals surface area contributed by atoms with Crippen molar-refractivity contribution in [1.82, 2.24) is 0 Å². The molecule has 1 heterocycles. The third-order valence-electron chi connectivity index (χ3n) is 8.87. The molecule has 0 atom stereocenters. The smallest absolute Gasteiger partial charge is 0.143 e. The summed E-state index contributed by atoms with van der Waals surface area (Å²) in [5.74, 6) is 0. The van der Waals surface area contributed by atoms with Crippen molar-refractivity contribution >= 4 is 54.3 Å². The van der Waals surface area contributed by atoms with Gasteiger partial charge in [-0.1, -0.05) is 146 Å². The minimum atomic E-state index is 0.920. The maximum atomic E-state index is 6.45. The second-order valence-corrected chi connectivity index (χ2v) is 11.2. The molecule has 1 nitrogen and oxygen atoms in total. The molecule has 0 aliphatic carbocycles. The van der Waals surface area contributed by atoms with E-state index in [0.29, 0.717) is 0 Å². The zero-order chi connectivity index (χ0) is 28.3. The van der Waals surface area contributed by atoms with Gasteiger partial charge in [0.15, 0.2) is 0 Å². The molecule has 1 aromatic heterocycles. The van der Waals surface area contributed by atoms with E-state index < -0.39 is 0 Å². The fraction of sp³-hybridized carbons (Fsp3) is 0. The van der Waals surface area contributed by atoms with Crippen LogP contribution < -0.4 is 0 Å². The summed E-state index contributed by atoms with van der Waals surface area (Å²) in [6, 6.07) is 56.8. The predicted octanol–water partition coefficient (Wildman–Crippen LogP) is 12.0. The Kier molecular flexibility index (Phi) is 5.27. The summed E-state index contributed by atoms with van der Waals surface area (Å²) in [5, 5.41) is 9.65. The van der Waals surface area contributed by atoms with Crippen molar-refractivity contribution in [2.45, 2.75) is 0 Å². The number of benzene rings is 8. The monoisotopic (exact) mass is 546 g/mol. The summed E-state index contributed by atoms with van der Waals surface area (Å²) in [5.41, 5.74) is 9.31. The average molecular weight is 547 g/mol. The van der Waals surface area contributed by atoms with E-state index in [9.17, 15) is 0 Å². The van der Waals surface area contributed by atoms with E-state index in [-0.39, 0.29) is 0 Å². The second kappa shape index (κ2) is 9.44. The molecule has 0 radical (unpaired) electrons. The average Bonchev–Trinajstić information content (AvgIpc) is 3.46. The lowest BCUT2D eigenvalue weighted by molar-refractivity contribution is 0.672. The van der Waals surface area contributed by atoms with E-state index in [1.54, 1.807) is 0 Å². The largest absolute Gasteiger partial charge is 0.455 e. The van der Waals surface area contributed by atoms with Crippen LogP contribution in [0.25, 0.3) is 87.6 Å². The molecule has 0 saturated carbocycles. The molecule has 0 unspecified atom stereocenters. The van der Waals surface area contributed by atoms with Gasteiger partial charge in [0.2, 0.25) is 0 Å². The van der Waals surface area contributed by atoms with Gasteiger partial charge in [-0.25, -0.2) is 0 Å². The molecule has 9 rings (SSSR count). The van der Waals surface area contributed by atoms with E-state index in [4.69, 9.17) is 4.42 Å². The van der Waals surface area contributed by atoms with Crippen molar-refractivity contribution in [2.75, 3.05) is 0 Å². The molecular weight excluding hydrogens is 520 g/mol. The van der Waals surface area contributed by atoms with Crippen LogP contribution in [-0.4, -0.2) is 0 Å². The Morgan fingerprint density at radius 3 is 1.42 bits per heavy atom. The Bertz CT molecular complexity index is 2420. The minimum absolute atomic E-state index is 0.920. The Balaban J connectivity index is 1.38. The third-order valence-corrected chi connectivity index (χ3v) is 8.87. The Morgan fingerprint density at radius 2 is 0.767 bits per heavy atom. The van der Waals surface area contributed by atoms with Gasteiger partial charge < -0.3 is 4.42 Å². The lowest BCUT2D eigenvalue weighted by atomic mass is 9.84. The number of para-hydroxylation sites is 1. The molecule has 0 bridgehead atoms. The van der Waals surface area contributed by atoms with E-state index >= 15 is 0 Å². The molecule has 0 spiro atoms. The summed E-state index contributed by atoms with van der Waals surface area (Å²) in [6.07, 6.45) is 0. The van der Waals surface area contributed by atoms with Crippen molar-refractivity contribution in [3.8, 4) is 33.4 Å². The van der Waals surface area contributed by atoms with Gasteiger partial charge in [0.05, 0.1) is 0 Å². The number of hydrogen-bond acceptors (Lipinski definition) is 1. The summed E-state index contributed by atoms with van der Waals surface area (Å²) in [7, 11) is 0. The SMILES string of the molecule is c1ccc(-c2ccc(-c3c4ccccc4c(-c4cc5c6ccccc6oc5c5ccccc45)c4ccccc34)cc2)cc1. The van der Waals surface area contributed by atoms with Gasteiger partial charge in [0, 0.05) is 16.2 Å². The van der Waals surface area contributed by atoms with Crippen molar-refractivity contribution in [1.29, 1.82) is 0 Å². The van der Waals surface area contributed by atoms with E-state index in [1.807, 2.05) is 6.07 Å². The standard InChI is InChI=1S/C42H26O/c1-2-12-27(13-3-1)28-22-24-29(25-23-28)40-32-16-5-7-18-34(32)41(35-19-8-6-17-33(35)40)37-26-38-31-15-10-11-21-39(31)43-42(38)36-20-9-4-14-30(36)37/h1-26H. The van der Waals surface area contributed by atoms with Gasteiger partial charge in [0.25, 0.3) is 0 Å². The molecule has 43 heavy (non-hydrogen) atoms. The molecule has 0 aliphatic heterocycles. The molecule has 0 fully saturated rings. The van der Waals surface area contributed by atoms with Gasteiger partial charge in [-0.15, -0.1) is 0 Å². The van der Waals surface area contributed by atoms with Crippen LogP contribution in [0.5, 0.6) is 0 Å². The fourth-order valence-corrected chi connectivity index (χ4v) is 6.94. The van der Waals surface area contributed by atoms with Crippen LogP contribution >= 0.6 is 0 Å². The summed E-state index contributed by atoms with van der Waals surface area (Å²) >= 11 is 0. The van der Waals surface area contributed by atoms with Gasteiger partial charge in [-0.3, -0.25) is 0 Å². The molecule has 0 N–H and O–H groups in total. The lowest BCUT2D eigenvalue weighted by Crippen LogP contribution is -1.92. The quantitative estimate of drug-likeness (QED) is 0.201. The highest BCUT2D eigenvalue weighted by Crippen LogP contribution is 2.47. The van der Waals surface area contributed by atoms with E-state index in [1.165, 1.54) is 60.3 Å². The van der Waals surface area contributed by atoms with Crippen LogP contribution in [0, 0.1) is 0 Å². The topological polar surface area (TPSA) is 13.1 Å². The molecule has 0 aliphatic rings. The van der Waals surface area contributed by atoms with Crippen molar-refractivity contribution < 1.29 is 4.42 Å². The number of furan rings is 1. The Labute approximate surface area is 249 Å². The number of fused-ring (bicyclic) bond motifs is 7. The van der Waals surface area contributed by atoms with Crippen LogP contribution in [-0.2, 0) is 0 Å². The molecular formula is C42H26O. The van der Waals surface area contributed by atoms with Gasteiger partial charge >= 0.3 is 0 Å². The fourth-order valence-electron chi connectivity index (χ4n) is 6.94. The highest BCUT2D eigenvalue weighted by Gasteiger charge is 2.20. The first-order chi connectivity index (χ1) is 21.3. The van der Waals surface area contributed by atoms with Crippen LogP contribution in [0.15, 0.2) is 162 Å². The van der Waals surface area contributed by atoms with Crippen molar-refractivity contribution in [3.05, 3.63) is 158 Å². The molecule has 0 amide bonds. The van der Waals surface area contributed by atoms with Gasteiger partial charge in [0.1, 0.15) is 11.2 Å². The van der Waals surface area contributed by atoms with Gasteiger partial charge in [-0.2, -0.15) is 0 Å². The van der Waals surface area contributed by atoms with Gasteiger partial charge in [-0.05, 0) is 72.4 Å². The van der Waals surface area contributed by atoms with Crippen molar-refractivity contribution in [3.63, 3.8) is 0 Å². The summed E-state index contributed by atoms with van der Waals surface area (Å²) in [4.78, 5) is 0. The Morgan fingerprint density at radius 1 is 0.302 bits per heavy atom.